The lowest BCUT2D eigenvalue weighted by Crippen LogP contribution is -2.47. The predicted molar refractivity (Wildman–Crippen MR) is 87.7 cm³/mol. The van der Waals surface area contributed by atoms with Crippen molar-refractivity contribution in [1.82, 2.24) is 10.9 Å². The van der Waals surface area contributed by atoms with Gasteiger partial charge in [-0.3, -0.25) is 20.4 Å². The summed E-state index contributed by atoms with van der Waals surface area (Å²) in [5.74, 6) is -0.0801. The summed E-state index contributed by atoms with van der Waals surface area (Å²) in [6, 6.07) is 16.7. The van der Waals surface area contributed by atoms with Crippen molar-refractivity contribution in [3.63, 3.8) is 0 Å². The van der Waals surface area contributed by atoms with Crippen molar-refractivity contribution in [2.24, 2.45) is 0 Å². The van der Waals surface area contributed by atoms with E-state index in [4.69, 9.17) is 4.74 Å². The van der Waals surface area contributed by atoms with Gasteiger partial charge in [0, 0.05) is 0 Å². The highest BCUT2D eigenvalue weighted by Crippen LogP contribution is 2.14. The van der Waals surface area contributed by atoms with Gasteiger partial charge in [-0.25, -0.2) is 0 Å². The van der Waals surface area contributed by atoms with E-state index in [0.29, 0.717) is 5.75 Å². The van der Waals surface area contributed by atoms with Crippen LogP contribution in [0.1, 0.15) is 18.1 Å². The van der Waals surface area contributed by atoms with Gasteiger partial charge in [-0.2, -0.15) is 0 Å². The number of carbonyl (C=O) groups excluding carboxylic acids is 2. The topological polar surface area (TPSA) is 67.4 Å². The molecule has 2 aromatic rings. The number of benzene rings is 2. The molecule has 2 amide bonds. The van der Waals surface area contributed by atoms with Gasteiger partial charge in [0.15, 0.2) is 6.10 Å². The van der Waals surface area contributed by atoms with Crippen LogP contribution in [0, 0.1) is 6.92 Å². The third kappa shape index (κ3) is 5.47. The maximum Gasteiger partial charge on any atom is 0.279 e. The molecule has 23 heavy (non-hydrogen) atoms. The maximum absolute atomic E-state index is 11.9. The van der Waals surface area contributed by atoms with Gasteiger partial charge in [-0.15, -0.1) is 0 Å². The molecule has 2 rings (SSSR count). The normalized spacial score (nSPS) is 11.4. The Morgan fingerprint density at radius 3 is 2.48 bits per heavy atom. The molecule has 0 fully saturated rings. The molecule has 0 aromatic heterocycles. The van der Waals surface area contributed by atoms with Crippen molar-refractivity contribution in [3.05, 3.63) is 65.7 Å². The standard InChI is InChI=1S/C18H20N2O3/c1-13-7-6-10-16(11-13)23-14(2)18(22)20-19-17(21)12-15-8-4-3-5-9-15/h3-11,14H,12H2,1-2H3,(H,19,21)(H,20,22). The number of ether oxygens (including phenoxy) is 1. The van der Waals surface area contributed by atoms with Gasteiger partial charge < -0.3 is 4.74 Å². The first kappa shape index (κ1) is 16.5. The summed E-state index contributed by atoms with van der Waals surface area (Å²) < 4.78 is 5.54. The molecule has 1 atom stereocenters. The molecule has 0 aliphatic carbocycles. The first-order valence-electron chi connectivity index (χ1n) is 7.40. The van der Waals surface area contributed by atoms with Crippen LogP contribution in [0.25, 0.3) is 0 Å². The van der Waals surface area contributed by atoms with Gasteiger partial charge in [0.25, 0.3) is 5.91 Å². The summed E-state index contributed by atoms with van der Waals surface area (Å²) in [4.78, 5) is 23.7. The molecule has 0 spiro atoms. The van der Waals surface area contributed by atoms with Crippen LogP contribution in [-0.2, 0) is 16.0 Å². The number of hydrazine groups is 1. The van der Waals surface area contributed by atoms with E-state index >= 15 is 0 Å². The Hall–Kier alpha value is -2.82. The summed E-state index contributed by atoms with van der Waals surface area (Å²) in [5.41, 5.74) is 6.69. The van der Waals surface area contributed by atoms with Gasteiger partial charge in [0.1, 0.15) is 5.75 Å². The third-order valence-electron chi connectivity index (χ3n) is 3.20. The molecule has 0 saturated heterocycles. The van der Waals surface area contributed by atoms with E-state index in [1.54, 1.807) is 13.0 Å². The van der Waals surface area contributed by atoms with Crippen LogP contribution in [0.5, 0.6) is 5.75 Å². The smallest absolute Gasteiger partial charge is 0.279 e. The monoisotopic (exact) mass is 312 g/mol. The molecule has 0 aliphatic rings. The fourth-order valence-corrected chi connectivity index (χ4v) is 2.00. The summed E-state index contributed by atoms with van der Waals surface area (Å²) in [7, 11) is 0. The van der Waals surface area contributed by atoms with Crippen LogP contribution in [-0.4, -0.2) is 17.9 Å². The van der Waals surface area contributed by atoms with E-state index < -0.39 is 12.0 Å². The van der Waals surface area contributed by atoms with Crippen molar-refractivity contribution in [2.45, 2.75) is 26.4 Å². The second-order valence-corrected chi connectivity index (χ2v) is 5.28. The molecule has 2 N–H and O–H groups in total. The Kier molecular flexibility index (Phi) is 5.74. The molecule has 0 aliphatic heterocycles. The molecule has 0 bridgehead atoms. The summed E-state index contributed by atoms with van der Waals surface area (Å²) in [6.07, 6.45) is -0.511. The number of hydrogen-bond acceptors (Lipinski definition) is 3. The van der Waals surface area contributed by atoms with Crippen LogP contribution < -0.4 is 15.6 Å². The van der Waals surface area contributed by atoms with Crippen LogP contribution in [0.4, 0.5) is 0 Å². The SMILES string of the molecule is Cc1cccc(OC(C)C(=O)NNC(=O)Cc2ccccc2)c1. The zero-order chi connectivity index (χ0) is 16.7. The summed E-state index contributed by atoms with van der Waals surface area (Å²) in [5, 5.41) is 0. The van der Waals surface area contributed by atoms with Gasteiger partial charge in [-0.1, -0.05) is 42.5 Å². The molecule has 2 aromatic carbocycles. The van der Waals surface area contributed by atoms with Gasteiger partial charge >= 0.3 is 0 Å². The Bertz CT molecular complexity index is 671. The van der Waals surface area contributed by atoms with E-state index in [9.17, 15) is 9.59 Å². The van der Waals surface area contributed by atoms with Gasteiger partial charge in [-0.05, 0) is 37.1 Å². The number of rotatable bonds is 5. The second-order valence-electron chi connectivity index (χ2n) is 5.28. The van der Waals surface area contributed by atoms with Crippen molar-refractivity contribution in [2.75, 3.05) is 0 Å². The zero-order valence-electron chi connectivity index (χ0n) is 13.2. The highest BCUT2D eigenvalue weighted by molar-refractivity contribution is 5.85. The molecular formula is C18H20N2O3. The van der Waals surface area contributed by atoms with Gasteiger partial charge in [0.05, 0.1) is 6.42 Å². The van der Waals surface area contributed by atoms with E-state index in [-0.39, 0.29) is 12.3 Å². The lowest BCUT2D eigenvalue weighted by molar-refractivity contribution is -0.132. The van der Waals surface area contributed by atoms with Crippen LogP contribution >= 0.6 is 0 Å². The highest BCUT2D eigenvalue weighted by Gasteiger charge is 2.15. The van der Waals surface area contributed by atoms with Crippen LogP contribution in [0.3, 0.4) is 0 Å². The second kappa shape index (κ2) is 7.98. The van der Waals surface area contributed by atoms with Crippen LogP contribution in [0.15, 0.2) is 54.6 Å². The minimum atomic E-state index is -0.714. The van der Waals surface area contributed by atoms with Crippen molar-refractivity contribution < 1.29 is 14.3 Å². The maximum atomic E-state index is 11.9. The van der Waals surface area contributed by atoms with E-state index in [0.717, 1.165) is 11.1 Å². The largest absolute Gasteiger partial charge is 0.481 e. The predicted octanol–water partition coefficient (Wildman–Crippen LogP) is 2.15. The lowest BCUT2D eigenvalue weighted by atomic mass is 10.1. The summed E-state index contributed by atoms with van der Waals surface area (Å²) in [6.45, 7) is 3.57. The third-order valence-corrected chi connectivity index (χ3v) is 3.20. The molecule has 120 valence electrons. The highest BCUT2D eigenvalue weighted by atomic mass is 16.5. The zero-order valence-corrected chi connectivity index (χ0v) is 13.2. The minimum absolute atomic E-state index is 0.203. The fourth-order valence-electron chi connectivity index (χ4n) is 2.00. The summed E-state index contributed by atoms with van der Waals surface area (Å²) >= 11 is 0. The average molecular weight is 312 g/mol. The van der Waals surface area contributed by atoms with Crippen molar-refractivity contribution in [3.8, 4) is 5.75 Å². The molecule has 5 nitrogen and oxygen atoms in total. The fraction of sp³-hybridized carbons (Fsp3) is 0.222. The molecule has 0 radical (unpaired) electrons. The molecule has 0 heterocycles. The molecule has 0 saturated carbocycles. The first-order valence-corrected chi connectivity index (χ1v) is 7.40. The molecule has 1 unspecified atom stereocenters. The number of aryl methyl sites for hydroxylation is 1. The lowest BCUT2D eigenvalue weighted by Gasteiger charge is -2.15. The van der Waals surface area contributed by atoms with Crippen molar-refractivity contribution in [1.29, 1.82) is 0 Å². The Labute approximate surface area is 135 Å². The van der Waals surface area contributed by atoms with E-state index in [1.807, 2.05) is 55.5 Å². The minimum Gasteiger partial charge on any atom is -0.481 e. The number of nitrogens with one attached hydrogen (secondary N) is 2. The quantitative estimate of drug-likeness (QED) is 0.831. The first-order chi connectivity index (χ1) is 11.0. The van der Waals surface area contributed by atoms with Crippen LogP contribution in [0.2, 0.25) is 0 Å². The molecule has 5 heteroatoms. The average Bonchev–Trinajstić information content (AvgIpc) is 2.53. The number of carbonyl (C=O) groups is 2. The van der Waals surface area contributed by atoms with Crippen molar-refractivity contribution >= 4 is 11.8 Å². The van der Waals surface area contributed by atoms with E-state index in [2.05, 4.69) is 10.9 Å². The van der Waals surface area contributed by atoms with E-state index in [1.165, 1.54) is 0 Å². The van der Waals surface area contributed by atoms with Gasteiger partial charge in [0.2, 0.25) is 5.91 Å². The molecular weight excluding hydrogens is 292 g/mol. The number of hydrogen-bond donors (Lipinski definition) is 2. The Balaban J connectivity index is 1.78. The number of amides is 2. The Morgan fingerprint density at radius 1 is 1.04 bits per heavy atom. The Morgan fingerprint density at radius 2 is 1.78 bits per heavy atom.